The van der Waals surface area contributed by atoms with Crippen LogP contribution in [0.1, 0.15) is 15.9 Å². The van der Waals surface area contributed by atoms with Crippen molar-refractivity contribution in [1.29, 1.82) is 0 Å². The summed E-state index contributed by atoms with van der Waals surface area (Å²) in [6.07, 6.45) is 1.55. The normalized spacial score (nSPS) is 10.9. The van der Waals surface area contributed by atoms with Crippen molar-refractivity contribution in [3.8, 4) is 10.7 Å². The Morgan fingerprint density at radius 3 is 2.83 bits per heavy atom. The summed E-state index contributed by atoms with van der Waals surface area (Å²) < 4.78 is 1.71. The topological polar surface area (TPSA) is 67.5 Å². The van der Waals surface area contributed by atoms with Crippen molar-refractivity contribution in [2.75, 3.05) is 0 Å². The van der Waals surface area contributed by atoms with Crippen LogP contribution in [0.3, 0.4) is 0 Å². The SMILES string of the molecule is Cc1ccsc1-c1nnc2ccc(C(=O)O)cn12. The second-order valence-electron chi connectivity index (χ2n) is 3.91. The summed E-state index contributed by atoms with van der Waals surface area (Å²) in [5.41, 5.74) is 1.97. The van der Waals surface area contributed by atoms with Gasteiger partial charge in [0, 0.05) is 6.20 Å². The van der Waals surface area contributed by atoms with E-state index in [1.54, 1.807) is 28.0 Å². The maximum absolute atomic E-state index is 11.0. The van der Waals surface area contributed by atoms with Crippen LogP contribution in [0.5, 0.6) is 0 Å². The molecule has 0 aliphatic heterocycles. The Balaban J connectivity index is 2.27. The van der Waals surface area contributed by atoms with Gasteiger partial charge in [0.1, 0.15) is 0 Å². The molecule has 0 saturated heterocycles. The molecule has 0 saturated carbocycles. The minimum atomic E-state index is -0.959. The molecule has 0 aliphatic rings. The van der Waals surface area contributed by atoms with Gasteiger partial charge in [0.2, 0.25) is 0 Å². The predicted molar refractivity (Wildman–Crippen MR) is 68.0 cm³/mol. The van der Waals surface area contributed by atoms with Gasteiger partial charge in [-0.1, -0.05) is 0 Å². The number of aryl methyl sites for hydroxylation is 1. The molecule has 3 heterocycles. The molecule has 6 heteroatoms. The second-order valence-corrected chi connectivity index (χ2v) is 4.82. The summed E-state index contributed by atoms with van der Waals surface area (Å²) in [6, 6.07) is 5.18. The predicted octanol–water partition coefficient (Wildman–Crippen LogP) is 2.46. The zero-order valence-electron chi connectivity index (χ0n) is 9.49. The average molecular weight is 259 g/mol. The zero-order valence-corrected chi connectivity index (χ0v) is 10.3. The molecule has 0 bridgehead atoms. The van der Waals surface area contributed by atoms with Crippen LogP contribution < -0.4 is 0 Å². The van der Waals surface area contributed by atoms with Crippen LogP contribution in [0.15, 0.2) is 29.8 Å². The third-order valence-electron chi connectivity index (χ3n) is 2.71. The van der Waals surface area contributed by atoms with Crippen molar-refractivity contribution in [2.45, 2.75) is 6.92 Å². The fraction of sp³-hybridized carbons (Fsp3) is 0.0833. The lowest BCUT2D eigenvalue weighted by atomic mass is 10.2. The number of pyridine rings is 1. The number of aromatic carboxylic acids is 1. The van der Waals surface area contributed by atoms with E-state index in [2.05, 4.69) is 10.2 Å². The zero-order chi connectivity index (χ0) is 12.7. The van der Waals surface area contributed by atoms with Crippen LogP contribution >= 0.6 is 11.3 Å². The molecule has 3 aromatic rings. The number of carboxylic acids is 1. The van der Waals surface area contributed by atoms with E-state index >= 15 is 0 Å². The first kappa shape index (κ1) is 10.9. The molecule has 0 spiro atoms. The van der Waals surface area contributed by atoms with Gasteiger partial charge in [-0.15, -0.1) is 21.5 Å². The highest BCUT2D eigenvalue weighted by Crippen LogP contribution is 2.27. The lowest BCUT2D eigenvalue weighted by molar-refractivity contribution is 0.0696. The van der Waals surface area contributed by atoms with Gasteiger partial charge in [-0.25, -0.2) is 4.79 Å². The summed E-state index contributed by atoms with van der Waals surface area (Å²) in [5.74, 6) is -0.278. The first-order chi connectivity index (χ1) is 8.66. The van der Waals surface area contributed by atoms with Crippen LogP contribution in [-0.2, 0) is 0 Å². The smallest absolute Gasteiger partial charge is 0.337 e. The summed E-state index contributed by atoms with van der Waals surface area (Å²) in [4.78, 5) is 12.0. The molecule has 5 nitrogen and oxygen atoms in total. The van der Waals surface area contributed by atoms with E-state index < -0.39 is 5.97 Å². The van der Waals surface area contributed by atoms with Crippen LogP contribution in [0.4, 0.5) is 0 Å². The Morgan fingerprint density at radius 2 is 2.17 bits per heavy atom. The van der Waals surface area contributed by atoms with Gasteiger partial charge in [0.15, 0.2) is 11.5 Å². The van der Waals surface area contributed by atoms with Crippen LogP contribution in [-0.4, -0.2) is 25.7 Å². The Morgan fingerprint density at radius 1 is 1.33 bits per heavy atom. The molecule has 18 heavy (non-hydrogen) atoms. The quantitative estimate of drug-likeness (QED) is 0.767. The van der Waals surface area contributed by atoms with E-state index in [0.29, 0.717) is 11.5 Å². The van der Waals surface area contributed by atoms with Gasteiger partial charge in [-0.3, -0.25) is 4.40 Å². The number of carboxylic acid groups (broad SMARTS) is 1. The highest BCUT2D eigenvalue weighted by atomic mass is 32.1. The molecule has 90 valence electrons. The number of aromatic nitrogens is 3. The lowest BCUT2D eigenvalue weighted by Gasteiger charge is -2.00. The van der Waals surface area contributed by atoms with E-state index in [1.807, 2.05) is 18.4 Å². The Hall–Kier alpha value is -2.21. The molecule has 1 N–H and O–H groups in total. The number of nitrogens with zero attached hydrogens (tertiary/aromatic N) is 3. The summed E-state index contributed by atoms with van der Waals surface area (Å²) in [6.45, 7) is 1.99. The van der Waals surface area contributed by atoms with Crippen LogP contribution in [0, 0.1) is 6.92 Å². The van der Waals surface area contributed by atoms with Crippen molar-refractivity contribution < 1.29 is 9.90 Å². The lowest BCUT2D eigenvalue weighted by Crippen LogP contribution is -1.99. The van der Waals surface area contributed by atoms with Crippen molar-refractivity contribution in [1.82, 2.24) is 14.6 Å². The fourth-order valence-corrected chi connectivity index (χ4v) is 2.68. The van der Waals surface area contributed by atoms with Gasteiger partial charge >= 0.3 is 5.97 Å². The largest absolute Gasteiger partial charge is 0.478 e. The Bertz CT molecular complexity index is 745. The summed E-state index contributed by atoms with van der Waals surface area (Å²) in [5, 5.41) is 19.2. The molecule has 0 atom stereocenters. The van der Waals surface area contributed by atoms with Gasteiger partial charge < -0.3 is 5.11 Å². The number of hydrogen-bond acceptors (Lipinski definition) is 4. The van der Waals surface area contributed by atoms with Gasteiger partial charge in [-0.2, -0.15) is 0 Å². The summed E-state index contributed by atoms with van der Waals surface area (Å²) in [7, 11) is 0. The van der Waals surface area contributed by atoms with Gasteiger partial charge in [-0.05, 0) is 36.1 Å². The van der Waals surface area contributed by atoms with Crippen LogP contribution in [0.25, 0.3) is 16.3 Å². The minimum absolute atomic E-state index is 0.220. The van der Waals surface area contributed by atoms with E-state index in [4.69, 9.17) is 5.11 Å². The number of thiophene rings is 1. The molecular formula is C12H9N3O2S. The van der Waals surface area contributed by atoms with Crippen LogP contribution in [0.2, 0.25) is 0 Å². The molecule has 0 aliphatic carbocycles. The molecule has 0 radical (unpaired) electrons. The molecule has 3 rings (SSSR count). The third-order valence-corrected chi connectivity index (χ3v) is 3.73. The molecule has 3 aromatic heterocycles. The number of hydrogen-bond donors (Lipinski definition) is 1. The number of carbonyl (C=O) groups is 1. The molecule has 0 unspecified atom stereocenters. The van der Waals surface area contributed by atoms with E-state index in [0.717, 1.165) is 10.4 Å². The van der Waals surface area contributed by atoms with E-state index in [9.17, 15) is 4.79 Å². The van der Waals surface area contributed by atoms with Gasteiger partial charge in [0.05, 0.1) is 10.4 Å². The fourth-order valence-electron chi connectivity index (χ4n) is 1.77. The Labute approximate surface area is 106 Å². The number of fused-ring (bicyclic) bond motifs is 1. The highest BCUT2D eigenvalue weighted by Gasteiger charge is 2.13. The van der Waals surface area contributed by atoms with E-state index in [1.165, 1.54) is 6.07 Å². The van der Waals surface area contributed by atoms with Crippen molar-refractivity contribution in [2.24, 2.45) is 0 Å². The van der Waals surface area contributed by atoms with Crippen molar-refractivity contribution >= 4 is 23.0 Å². The second kappa shape index (κ2) is 3.92. The van der Waals surface area contributed by atoms with Crippen molar-refractivity contribution in [3.63, 3.8) is 0 Å². The summed E-state index contributed by atoms with van der Waals surface area (Å²) >= 11 is 1.57. The maximum Gasteiger partial charge on any atom is 0.337 e. The Kier molecular flexibility index (Phi) is 2.38. The molecule has 0 aromatic carbocycles. The molecule has 0 amide bonds. The molecular weight excluding hydrogens is 250 g/mol. The first-order valence-electron chi connectivity index (χ1n) is 5.29. The average Bonchev–Trinajstić information content (AvgIpc) is 2.93. The highest BCUT2D eigenvalue weighted by molar-refractivity contribution is 7.13. The van der Waals surface area contributed by atoms with Gasteiger partial charge in [0.25, 0.3) is 0 Å². The minimum Gasteiger partial charge on any atom is -0.478 e. The van der Waals surface area contributed by atoms with E-state index in [-0.39, 0.29) is 5.56 Å². The first-order valence-corrected chi connectivity index (χ1v) is 6.17. The number of rotatable bonds is 2. The monoisotopic (exact) mass is 259 g/mol. The van der Waals surface area contributed by atoms with Crippen molar-refractivity contribution in [3.05, 3.63) is 40.9 Å². The molecule has 0 fully saturated rings. The third kappa shape index (κ3) is 1.58. The maximum atomic E-state index is 11.0. The standard InChI is InChI=1S/C12H9N3O2S/c1-7-4-5-18-10(7)11-14-13-9-3-2-8(12(16)17)6-15(9)11/h2-6H,1H3,(H,16,17).